The highest BCUT2D eigenvalue weighted by Crippen LogP contribution is 2.07. The number of rotatable bonds is 4. The molecule has 6 heteroatoms. The van der Waals surface area contributed by atoms with Gasteiger partial charge in [0.2, 0.25) is 0 Å². The highest BCUT2D eigenvalue weighted by Gasteiger charge is 2.19. The molecule has 0 aliphatic heterocycles. The van der Waals surface area contributed by atoms with Gasteiger partial charge in [0.1, 0.15) is 5.17 Å². The van der Waals surface area contributed by atoms with Gasteiger partial charge in [-0.25, -0.2) is 4.79 Å². The zero-order chi connectivity index (χ0) is 11.1. The second-order valence-corrected chi connectivity index (χ2v) is 3.08. The SMILES string of the molecule is C#CCN(C(=O)O)[C@@H](C)CC(Cl)=NO. The third-order valence-corrected chi connectivity index (χ3v) is 1.84. The number of terminal acetylenes is 1. The molecule has 2 N–H and O–H groups in total. The fourth-order valence-electron chi connectivity index (χ4n) is 0.905. The van der Waals surface area contributed by atoms with Crippen molar-refractivity contribution in [1.82, 2.24) is 4.90 Å². The van der Waals surface area contributed by atoms with Crippen LogP contribution in [0.5, 0.6) is 0 Å². The Morgan fingerprint density at radius 3 is 2.71 bits per heavy atom. The number of halogens is 1. The van der Waals surface area contributed by atoms with Crippen molar-refractivity contribution < 1.29 is 15.1 Å². The van der Waals surface area contributed by atoms with Gasteiger partial charge >= 0.3 is 6.09 Å². The van der Waals surface area contributed by atoms with Gasteiger partial charge in [-0.15, -0.1) is 6.42 Å². The number of oxime groups is 1. The average Bonchev–Trinajstić information content (AvgIpc) is 2.13. The van der Waals surface area contributed by atoms with E-state index in [1.165, 1.54) is 0 Å². The third kappa shape index (κ3) is 4.01. The van der Waals surface area contributed by atoms with Crippen LogP contribution in [0.2, 0.25) is 0 Å². The molecule has 78 valence electrons. The van der Waals surface area contributed by atoms with Crippen molar-refractivity contribution in [2.45, 2.75) is 19.4 Å². The normalized spacial score (nSPS) is 13.1. The smallest absolute Gasteiger partial charge is 0.408 e. The maximum absolute atomic E-state index is 10.7. The first-order valence-corrected chi connectivity index (χ1v) is 4.20. The first-order chi connectivity index (χ1) is 6.52. The van der Waals surface area contributed by atoms with Crippen LogP contribution >= 0.6 is 11.6 Å². The Balaban J connectivity index is 4.38. The average molecular weight is 219 g/mol. The Labute approximate surface area is 87.0 Å². The second-order valence-electron chi connectivity index (χ2n) is 2.64. The minimum atomic E-state index is -1.13. The molecular weight excluding hydrogens is 208 g/mol. The summed E-state index contributed by atoms with van der Waals surface area (Å²) in [6.07, 6.45) is 4.00. The number of carboxylic acid groups (broad SMARTS) is 1. The van der Waals surface area contributed by atoms with Crippen molar-refractivity contribution in [3.63, 3.8) is 0 Å². The van der Waals surface area contributed by atoms with Gasteiger partial charge in [0.15, 0.2) is 0 Å². The molecule has 1 amide bonds. The monoisotopic (exact) mass is 218 g/mol. The Morgan fingerprint density at radius 2 is 2.36 bits per heavy atom. The molecule has 0 aromatic rings. The van der Waals surface area contributed by atoms with Crippen LogP contribution in [0.25, 0.3) is 0 Å². The van der Waals surface area contributed by atoms with Gasteiger partial charge in [0, 0.05) is 12.5 Å². The Kier molecular flexibility index (Phi) is 5.49. The van der Waals surface area contributed by atoms with Crippen LogP contribution in [0.4, 0.5) is 4.79 Å². The lowest BCUT2D eigenvalue weighted by atomic mass is 10.2. The molecule has 0 fully saturated rings. The van der Waals surface area contributed by atoms with Crippen LogP contribution in [0.15, 0.2) is 5.16 Å². The molecule has 0 aromatic carbocycles. The number of nitrogens with zero attached hydrogens (tertiary/aromatic N) is 2. The summed E-state index contributed by atoms with van der Waals surface area (Å²) >= 11 is 5.44. The standard InChI is InChI=1S/C8H11ClN2O3/c1-3-4-11(8(12)13)6(2)5-7(9)10-14/h1,6,14H,4-5H2,2H3,(H,12,13)/t6-/m0/s1. The summed E-state index contributed by atoms with van der Waals surface area (Å²) in [5.74, 6) is 2.22. The van der Waals surface area contributed by atoms with E-state index in [2.05, 4.69) is 11.1 Å². The van der Waals surface area contributed by atoms with Gasteiger partial charge in [-0.05, 0) is 6.92 Å². The van der Waals surface area contributed by atoms with E-state index in [4.69, 9.17) is 28.3 Å². The Hall–Kier alpha value is -1.41. The van der Waals surface area contributed by atoms with Gasteiger partial charge in [-0.3, -0.25) is 4.90 Å². The summed E-state index contributed by atoms with van der Waals surface area (Å²) in [6.45, 7) is 1.60. The van der Waals surface area contributed by atoms with Crippen LogP contribution in [-0.4, -0.2) is 39.1 Å². The van der Waals surface area contributed by atoms with Crippen molar-refractivity contribution in [2.24, 2.45) is 5.16 Å². The van der Waals surface area contributed by atoms with Gasteiger partial charge in [-0.2, -0.15) is 0 Å². The zero-order valence-electron chi connectivity index (χ0n) is 7.64. The molecule has 1 atom stereocenters. The van der Waals surface area contributed by atoms with Gasteiger partial charge in [-0.1, -0.05) is 22.7 Å². The van der Waals surface area contributed by atoms with E-state index in [0.717, 1.165) is 4.90 Å². The summed E-state index contributed by atoms with van der Waals surface area (Å²) in [5, 5.41) is 19.7. The lowest BCUT2D eigenvalue weighted by Crippen LogP contribution is -2.38. The molecule has 5 nitrogen and oxygen atoms in total. The predicted molar refractivity (Wildman–Crippen MR) is 52.7 cm³/mol. The third-order valence-electron chi connectivity index (χ3n) is 1.61. The van der Waals surface area contributed by atoms with Crippen molar-refractivity contribution in [2.75, 3.05) is 6.54 Å². The second kappa shape index (κ2) is 6.11. The molecule has 0 unspecified atom stereocenters. The molecule has 0 saturated heterocycles. The summed E-state index contributed by atoms with van der Waals surface area (Å²) in [4.78, 5) is 11.7. The molecule has 0 heterocycles. The molecular formula is C8H11ClN2O3. The highest BCUT2D eigenvalue weighted by atomic mass is 35.5. The van der Waals surface area contributed by atoms with Gasteiger partial charge in [0.05, 0.1) is 6.54 Å². The Bertz CT molecular complexity index is 272. The minimum absolute atomic E-state index is 0.0217. The molecule has 0 spiro atoms. The molecule has 0 aliphatic carbocycles. The Morgan fingerprint density at radius 1 is 1.79 bits per heavy atom. The van der Waals surface area contributed by atoms with Crippen molar-refractivity contribution in [3.8, 4) is 12.3 Å². The van der Waals surface area contributed by atoms with E-state index >= 15 is 0 Å². The summed E-state index contributed by atoms with van der Waals surface area (Å²) in [7, 11) is 0. The lowest BCUT2D eigenvalue weighted by molar-refractivity contribution is 0.137. The molecule has 0 rings (SSSR count). The molecule has 0 aliphatic rings. The van der Waals surface area contributed by atoms with Gasteiger partial charge < -0.3 is 10.3 Å². The van der Waals surface area contributed by atoms with E-state index in [0.29, 0.717) is 0 Å². The quantitative estimate of drug-likeness (QED) is 0.324. The molecule has 0 radical (unpaired) electrons. The van der Waals surface area contributed by atoms with Crippen LogP contribution in [0.3, 0.4) is 0 Å². The number of amides is 1. The zero-order valence-corrected chi connectivity index (χ0v) is 8.40. The largest absolute Gasteiger partial charge is 0.465 e. The summed E-state index contributed by atoms with van der Waals surface area (Å²) < 4.78 is 0. The van der Waals surface area contributed by atoms with Crippen LogP contribution in [-0.2, 0) is 0 Å². The first-order valence-electron chi connectivity index (χ1n) is 3.82. The summed E-state index contributed by atoms with van der Waals surface area (Å²) in [6, 6.07) is -0.424. The van der Waals surface area contributed by atoms with E-state index in [1.807, 2.05) is 0 Å². The highest BCUT2D eigenvalue weighted by molar-refractivity contribution is 6.65. The molecule has 0 saturated carbocycles. The van der Waals surface area contributed by atoms with E-state index < -0.39 is 12.1 Å². The van der Waals surface area contributed by atoms with E-state index in [1.54, 1.807) is 6.92 Å². The van der Waals surface area contributed by atoms with Crippen molar-refractivity contribution >= 4 is 22.9 Å². The molecule has 0 bridgehead atoms. The van der Waals surface area contributed by atoms with Crippen LogP contribution in [0, 0.1) is 12.3 Å². The first kappa shape index (κ1) is 12.6. The van der Waals surface area contributed by atoms with Crippen LogP contribution in [0.1, 0.15) is 13.3 Å². The maximum atomic E-state index is 10.7. The van der Waals surface area contributed by atoms with Crippen LogP contribution < -0.4 is 0 Å². The molecule has 14 heavy (non-hydrogen) atoms. The molecule has 0 aromatic heterocycles. The van der Waals surface area contributed by atoms with E-state index in [9.17, 15) is 4.79 Å². The number of carbonyl (C=O) groups is 1. The minimum Gasteiger partial charge on any atom is -0.465 e. The topological polar surface area (TPSA) is 73.1 Å². The fourth-order valence-corrected chi connectivity index (χ4v) is 1.13. The number of hydrogen-bond donors (Lipinski definition) is 2. The lowest BCUT2D eigenvalue weighted by Gasteiger charge is -2.23. The van der Waals surface area contributed by atoms with Gasteiger partial charge in [0.25, 0.3) is 0 Å². The summed E-state index contributed by atoms with van der Waals surface area (Å²) in [5.41, 5.74) is 0. The maximum Gasteiger partial charge on any atom is 0.408 e. The predicted octanol–water partition coefficient (Wildman–Crippen LogP) is 1.40. The van der Waals surface area contributed by atoms with Crippen molar-refractivity contribution in [1.29, 1.82) is 0 Å². The van der Waals surface area contributed by atoms with Crippen molar-refractivity contribution in [3.05, 3.63) is 0 Å². The number of hydrogen-bond acceptors (Lipinski definition) is 3. The fraction of sp³-hybridized carbons (Fsp3) is 0.500. The van der Waals surface area contributed by atoms with E-state index in [-0.39, 0.29) is 18.1 Å².